The van der Waals surface area contributed by atoms with Gasteiger partial charge in [-0.2, -0.15) is 5.26 Å². The van der Waals surface area contributed by atoms with Crippen LogP contribution in [-0.4, -0.2) is 22.2 Å². The van der Waals surface area contributed by atoms with E-state index in [0.29, 0.717) is 16.3 Å². The number of benzene rings is 1. The van der Waals surface area contributed by atoms with E-state index in [2.05, 4.69) is 21.7 Å². The third-order valence-electron chi connectivity index (χ3n) is 4.50. The van der Waals surface area contributed by atoms with E-state index in [1.54, 1.807) is 31.2 Å². The minimum atomic E-state index is -0.586. The predicted molar refractivity (Wildman–Crippen MR) is 105 cm³/mol. The number of carbonyl (C=O) groups is 2. The maximum Gasteiger partial charge on any atom is 0.325 e. The van der Waals surface area contributed by atoms with E-state index in [9.17, 15) is 14.9 Å². The zero-order valence-electron chi connectivity index (χ0n) is 15.2. The van der Waals surface area contributed by atoms with Crippen molar-refractivity contribution < 1.29 is 9.59 Å². The second-order valence-corrected chi connectivity index (χ2v) is 7.71. The molecule has 2 N–H and O–H groups in total. The molecule has 1 aromatic carbocycles. The molecule has 0 radical (unpaired) electrons. The molecule has 27 heavy (non-hydrogen) atoms. The Kier molecular flexibility index (Phi) is 5.77. The number of nitriles is 1. The summed E-state index contributed by atoms with van der Waals surface area (Å²) in [4.78, 5) is 29.0. The highest BCUT2D eigenvalue weighted by Crippen LogP contribution is 2.33. The summed E-state index contributed by atoms with van der Waals surface area (Å²) in [6.45, 7) is 3.63. The number of rotatable bonds is 4. The zero-order chi connectivity index (χ0) is 19.4. The average molecular weight is 380 g/mol. The molecule has 138 valence electrons. The van der Waals surface area contributed by atoms with Gasteiger partial charge in [-0.25, -0.2) is 9.78 Å². The van der Waals surface area contributed by atoms with Crippen molar-refractivity contribution in [3.63, 3.8) is 0 Å². The van der Waals surface area contributed by atoms with Gasteiger partial charge in [0.2, 0.25) is 5.91 Å². The van der Waals surface area contributed by atoms with E-state index in [0.717, 1.165) is 36.1 Å². The Morgan fingerprint density at radius 3 is 2.70 bits per heavy atom. The summed E-state index contributed by atoms with van der Waals surface area (Å²) in [6.07, 6.45) is 2.89. The summed E-state index contributed by atoms with van der Waals surface area (Å²) in [5, 5.41) is 14.5. The van der Waals surface area contributed by atoms with Crippen LogP contribution in [0.4, 0.5) is 10.5 Å². The molecule has 1 aliphatic rings. The number of thioether (sulfide) groups is 1. The van der Waals surface area contributed by atoms with E-state index >= 15 is 0 Å². The molecule has 3 rings (SSSR count). The van der Waals surface area contributed by atoms with Crippen molar-refractivity contribution in [2.75, 3.05) is 5.32 Å². The second-order valence-electron chi connectivity index (χ2n) is 6.38. The number of aryl methyl sites for hydroxylation is 1. The Labute approximate surface area is 162 Å². The lowest BCUT2D eigenvalue weighted by Crippen LogP contribution is -2.38. The quantitative estimate of drug-likeness (QED) is 0.791. The highest BCUT2D eigenvalue weighted by molar-refractivity contribution is 8.00. The summed E-state index contributed by atoms with van der Waals surface area (Å²) < 4.78 is 0. The van der Waals surface area contributed by atoms with Crippen LogP contribution in [0.3, 0.4) is 0 Å². The number of amides is 3. The van der Waals surface area contributed by atoms with Crippen molar-refractivity contribution in [2.45, 2.75) is 43.4 Å². The number of carbonyl (C=O) groups excluding carboxylic acids is 2. The third-order valence-corrected chi connectivity index (χ3v) is 5.59. The minimum Gasteiger partial charge on any atom is -0.308 e. The second kappa shape index (κ2) is 8.23. The third kappa shape index (κ3) is 4.29. The number of anilines is 1. The van der Waals surface area contributed by atoms with Crippen molar-refractivity contribution in [2.24, 2.45) is 0 Å². The van der Waals surface area contributed by atoms with Crippen molar-refractivity contribution >= 4 is 29.4 Å². The number of aromatic nitrogens is 1. The van der Waals surface area contributed by atoms with Crippen LogP contribution < -0.4 is 10.6 Å². The zero-order valence-corrected chi connectivity index (χ0v) is 16.0. The molecule has 0 saturated carbocycles. The molecule has 1 atom stereocenters. The van der Waals surface area contributed by atoms with Gasteiger partial charge in [0, 0.05) is 11.4 Å². The maximum atomic E-state index is 12.4. The van der Waals surface area contributed by atoms with Crippen LogP contribution in [0.1, 0.15) is 35.7 Å². The molecule has 0 aliphatic heterocycles. The molecular formula is C20H20N4O2S. The van der Waals surface area contributed by atoms with Crippen LogP contribution in [0.15, 0.2) is 35.4 Å². The standard InChI is InChI=1S/C20H20N4O2S/c1-12-15-9-6-10-17(15)23-19(16(12)11-21)27-13(2)18(25)24-20(26)22-14-7-4-3-5-8-14/h3-5,7-8,13H,6,9-10H2,1-2H3,(H2,22,24,25,26). The first kappa shape index (κ1) is 18.9. The number of hydrogen-bond donors (Lipinski definition) is 2. The summed E-state index contributed by atoms with van der Waals surface area (Å²) in [7, 11) is 0. The molecule has 1 aromatic heterocycles. The highest BCUT2D eigenvalue weighted by Gasteiger charge is 2.24. The first-order valence-corrected chi connectivity index (χ1v) is 9.63. The number of imide groups is 1. The van der Waals surface area contributed by atoms with Gasteiger partial charge in [0.15, 0.2) is 0 Å². The van der Waals surface area contributed by atoms with E-state index < -0.39 is 17.2 Å². The van der Waals surface area contributed by atoms with Crippen molar-refractivity contribution in [3.05, 3.63) is 52.7 Å². The van der Waals surface area contributed by atoms with Gasteiger partial charge in [-0.1, -0.05) is 30.0 Å². The van der Waals surface area contributed by atoms with Gasteiger partial charge in [-0.3, -0.25) is 10.1 Å². The summed E-state index contributed by atoms with van der Waals surface area (Å²) in [5.41, 5.74) is 4.26. The number of urea groups is 1. The van der Waals surface area contributed by atoms with Gasteiger partial charge in [-0.05, 0) is 56.4 Å². The first-order chi connectivity index (χ1) is 13.0. The molecule has 3 amide bonds. The number of pyridine rings is 1. The molecule has 1 heterocycles. The molecule has 1 unspecified atom stereocenters. The minimum absolute atomic E-state index is 0.433. The van der Waals surface area contributed by atoms with Gasteiger partial charge in [-0.15, -0.1) is 0 Å². The van der Waals surface area contributed by atoms with Crippen LogP contribution in [0.5, 0.6) is 0 Å². The molecule has 0 spiro atoms. The molecule has 2 aromatic rings. The van der Waals surface area contributed by atoms with Crippen LogP contribution >= 0.6 is 11.8 Å². The Morgan fingerprint density at radius 2 is 2.00 bits per heavy atom. The van der Waals surface area contributed by atoms with E-state index in [1.807, 2.05) is 13.0 Å². The maximum absolute atomic E-state index is 12.4. The SMILES string of the molecule is Cc1c(C#N)c(SC(C)C(=O)NC(=O)Nc2ccccc2)nc2c1CCC2. The van der Waals surface area contributed by atoms with Gasteiger partial charge in [0.1, 0.15) is 11.1 Å². The van der Waals surface area contributed by atoms with E-state index in [-0.39, 0.29) is 0 Å². The van der Waals surface area contributed by atoms with Gasteiger partial charge in [0.25, 0.3) is 0 Å². The van der Waals surface area contributed by atoms with Gasteiger partial charge < -0.3 is 5.32 Å². The lowest BCUT2D eigenvalue weighted by atomic mass is 10.0. The Morgan fingerprint density at radius 1 is 1.26 bits per heavy atom. The number of fused-ring (bicyclic) bond motifs is 1. The fourth-order valence-corrected chi connectivity index (χ4v) is 4.06. The first-order valence-electron chi connectivity index (χ1n) is 8.75. The van der Waals surface area contributed by atoms with E-state index in [4.69, 9.17) is 0 Å². The molecular weight excluding hydrogens is 360 g/mol. The van der Waals surface area contributed by atoms with Gasteiger partial charge >= 0.3 is 6.03 Å². The Balaban J connectivity index is 1.67. The fourth-order valence-electron chi connectivity index (χ4n) is 3.08. The lowest BCUT2D eigenvalue weighted by molar-refractivity contribution is -0.119. The molecule has 0 saturated heterocycles. The van der Waals surface area contributed by atoms with Crippen molar-refractivity contribution in [1.29, 1.82) is 5.26 Å². The largest absolute Gasteiger partial charge is 0.325 e. The topological polar surface area (TPSA) is 94.9 Å². The predicted octanol–water partition coefficient (Wildman–Crippen LogP) is 3.58. The van der Waals surface area contributed by atoms with Crippen LogP contribution in [0, 0.1) is 18.3 Å². The average Bonchev–Trinajstić information content (AvgIpc) is 3.11. The van der Waals surface area contributed by atoms with Gasteiger partial charge in [0.05, 0.1) is 10.8 Å². The normalized spacial score (nSPS) is 13.4. The fraction of sp³-hybridized carbons (Fsp3) is 0.300. The van der Waals surface area contributed by atoms with Crippen molar-refractivity contribution in [3.8, 4) is 6.07 Å². The molecule has 6 nitrogen and oxygen atoms in total. The number of nitrogens with zero attached hydrogens (tertiary/aromatic N) is 2. The number of para-hydroxylation sites is 1. The molecule has 0 bridgehead atoms. The van der Waals surface area contributed by atoms with E-state index in [1.165, 1.54) is 11.8 Å². The molecule has 0 fully saturated rings. The molecule has 1 aliphatic carbocycles. The number of hydrogen-bond acceptors (Lipinski definition) is 5. The lowest BCUT2D eigenvalue weighted by Gasteiger charge is -2.15. The van der Waals surface area contributed by atoms with Crippen LogP contribution in [-0.2, 0) is 17.6 Å². The van der Waals surface area contributed by atoms with Crippen LogP contribution in [0.2, 0.25) is 0 Å². The highest BCUT2D eigenvalue weighted by atomic mass is 32.2. The Hall–Kier alpha value is -2.85. The van der Waals surface area contributed by atoms with Crippen molar-refractivity contribution in [1.82, 2.24) is 10.3 Å². The smallest absolute Gasteiger partial charge is 0.308 e. The number of nitrogens with one attached hydrogen (secondary N) is 2. The molecule has 7 heteroatoms. The summed E-state index contributed by atoms with van der Waals surface area (Å²) >= 11 is 1.21. The monoisotopic (exact) mass is 380 g/mol. The summed E-state index contributed by atoms with van der Waals surface area (Å²) in [6, 6.07) is 10.5. The summed E-state index contributed by atoms with van der Waals surface area (Å²) in [5.74, 6) is -0.433. The van der Waals surface area contributed by atoms with Crippen LogP contribution in [0.25, 0.3) is 0 Å². The Bertz CT molecular complexity index is 922.